The van der Waals surface area contributed by atoms with Crippen LogP contribution in [0.15, 0.2) is 4.99 Å². The maximum Gasteiger partial charge on any atom is 0.191 e. The maximum absolute atomic E-state index is 5.97. The van der Waals surface area contributed by atoms with Crippen molar-refractivity contribution in [3.05, 3.63) is 0 Å². The SMILES string of the molecule is CC1CCCCN1CCCN=C(N)N(C)C1CC1.I. The fourth-order valence-corrected chi connectivity index (χ4v) is 2.72. The summed E-state index contributed by atoms with van der Waals surface area (Å²) in [6, 6.07) is 1.42. The molecule has 2 aliphatic rings. The number of hydrogen-bond acceptors (Lipinski definition) is 2. The van der Waals surface area contributed by atoms with Crippen molar-refractivity contribution in [3.63, 3.8) is 0 Å². The molecule has 1 atom stereocenters. The summed E-state index contributed by atoms with van der Waals surface area (Å²) in [4.78, 5) is 9.21. The highest BCUT2D eigenvalue weighted by Gasteiger charge is 2.27. The van der Waals surface area contributed by atoms with Crippen molar-refractivity contribution >= 4 is 29.9 Å². The van der Waals surface area contributed by atoms with Gasteiger partial charge in [-0.25, -0.2) is 0 Å². The third-order valence-electron chi connectivity index (χ3n) is 4.27. The van der Waals surface area contributed by atoms with E-state index in [1.54, 1.807) is 0 Å². The Labute approximate surface area is 134 Å². The average Bonchev–Trinajstić information content (AvgIpc) is 3.19. The lowest BCUT2D eigenvalue weighted by Crippen LogP contribution is -2.38. The molecule has 1 aliphatic heterocycles. The van der Waals surface area contributed by atoms with Crippen LogP contribution in [0, 0.1) is 0 Å². The highest BCUT2D eigenvalue weighted by molar-refractivity contribution is 14.0. The molecule has 0 aromatic rings. The molecule has 0 radical (unpaired) electrons. The van der Waals surface area contributed by atoms with Crippen molar-refractivity contribution in [2.24, 2.45) is 10.7 Å². The first-order valence-electron chi connectivity index (χ1n) is 7.45. The molecule has 0 bridgehead atoms. The summed E-state index contributed by atoms with van der Waals surface area (Å²) in [5.74, 6) is 0.726. The van der Waals surface area contributed by atoms with Crippen LogP contribution in [-0.4, -0.2) is 54.5 Å². The number of piperidine rings is 1. The van der Waals surface area contributed by atoms with Gasteiger partial charge < -0.3 is 15.5 Å². The van der Waals surface area contributed by atoms with Crippen LogP contribution in [0.3, 0.4) is 0 Å². The molecule has 4 nitrogen and oxygen atoms in total. The van der Waals surface area contributed by atoms with Gasteiger partial charge in [-0.3, -0.25) is 4.99 Å². The molecule has 2 N–H and O–H groups in total. The zero-order chi connectivity index (χ0) is 13.0. The van der Waals surface area contributed by atoms with Crippen LogP contribution in [0.4, 0.5) is 0 Å². The Morgan fingerprint density at radius 3 is 2.68 bits per heavy atom. The first-order chi connectivity index (χ1) is 8.68. The second-order valence-electron chi connectivity index (χ2n) is 5.82. The van der Waals surface area contributed by atoms with Crippen molar-refractivity contribution in [3.8, 4) is 0 Å². The van der Waals surface area contributed by atoms with Gasteiger partial charge in [-0.15, -0.1) is 24.0 Å². The van der Waals surface area contributed by atoms with Gasteiger partial charge in [0.05, 0.1) is 0 Å². The van der Waals surface area contributed by atoms with Crippen molar-refractivity contribution in [1.82, 2.24) is 9.80 Å². The van der Waals surface area contributed by atoms with E-state index in [9.17, 15) is 0 Å². The van der Waals surface area contributed by atoms with E-state index >= 15 is 0 Å². The van der Waals surface area contributed by atoms with Crippen molar-refractivity contribution < 1.29 is 0 Å². The number of guanidine groups is 1. The quantitative estimate of drug-likeness (QED) is 0.345. The number of rotatable bonds is 5. The summed E-state index contributed by atoms with van der Waals surface area (Å²) in [6.45, 7) is 5.65. The Balaban J connectivity index is 0.00000180. The van der Waals surface area contributed by atoms with Crippen molar-refractivity contribution in [2.75, 3.05) is 26.7 Å². The van der Waals surface area contributed by atoms with Gasteiger partial charge in [0.15, 0.2) is 5.96 Å². The summed E-state index contributed by atoms with van der Waals surface area (Å²) in [5, 5.41) is 0. The summed E-state index contributed by atoms with van der Waals surface area (Å²) >= 11 is 0. The molecule has 1 aliphatic carbocycles. The highest BCUT2D eigenvalue weighted by atomic mass is 127. The molecular weight excluding hydrogens is 351 g/mol. The predicted molar refractivity (Wildman–Crippen MR) is 92.2 cm³/mol. The van der Waals surface area contributed by atoms with E-state index in [1.165, 1.54) is 45.2 Å². The van der Waals surface area contributed by atoms with Gasteiger partial charge in [-0.05, 0) is 45.6 Å². The van der Waals surface area contributed by atoms with E-state index in [2.05, 4.69) is 28.8 Å². The van der Waals surface area contributed by atoms with E-state index in [0.717, 1.165) is 25.0 Å². The standard InChI is InChI=1S/C14H28N4.HI/c1-12-6-3-4-10-18(12)11-5-9-16-14(15)17(2)13-7-8-13;/h12-13H,3-11H2,1-2H3,(H2,15,16);1H. The van der Waals surface area contributed by atoms with Gasteiger partial charge in [0.2, 0.25) is 0 Å². The van der Waals surface area contributed by atoms with E-state index in [-0.39, 0.29) is 24.0 Å². The van der Waals surface area contributed by atoms with Gasteiger partial charge in [-0.2, -0.15) is 0 Å². The molecule has 112 valence electrons. The number of nitrogens with two attached hydrogens (primary N) is 1. The minimum atomic E-state index is 0. The number of aliphatic imine (C=N–C) groups is 1. The number of likely N-dealkylation sites (tertiary alicyclic amines) is 1. The molecule has 19 heavy (non-hydrogen) atoms. The third-order valence-corrected chi connectivity index (χ3v) is 4.27. The molecular formula is C14H29IN4. The van der Waals surface area contributed by atoms with E-state index in [4.69, 9.17) is 5.73 Å². The van der Waals surface area contributed by atoms with Gasteiger partial charge in [-0.1, -0.05) is 6.42 Å². The molecule has 2 rings (SSSR count). The largest absolute Gasteiger partial charge is 0.370 e. The lowest BCUT2D eigenvalue weighted by Gasteiger charge is -2.33. The molecule has 0 amide bonds. The topological polar surface area (TPSA) is 44.9 Å². The molecule has 1 heterocycles. The Morgan fingerprint density at radius 2 is 2.05 bits per heavy atom. The molecule has 1 unspecified atom stereocenters. The first-order valence-corrected chi connectivity index (χ1v) is 7.45. The number of nitrogens with zero attached hydrogens (tertiary/aromatic N) is 3. The molecule has 1 saturated heterocycles. The minimum absolute atomic E-state index is 0. The zero-order valence-corrected chi connectivity index (χ0v) is 14.7. The van der Waals surface area contributed by atoms with Gasteiger partial charge in [0, 0.05) is 32.2 Å². The van der Waals surface area contributed by atoms with E-state index < -0.39 is 0 Å². The summed E-state index contributed by atoms with van der Waals surface area (Å²) in [6.07, 6.45) is 7.80. The fraction of sp³-hybridized carbons (Fsp3) is 0.929. The maximum atomic E-state index is 5.97. The monoisotopic (exact) mass is 380 g/mol. The molecule has 2 fully saturated rings. The Morgan fingerprint density at radius 1 is 1.32 bits per heavy atom. The van der Waals surface area contributed by atoms with Crippen LogP contribution in [0.1, 0.15) is 45.4 Å². The fourth-order valence-electron chi connectivity index (χ4n) is 2.72. The lowest BCUT2D eigenvalue weighted by molar-refractivity contribution is 0.160. The molecule has 5 heteroatoms. The van der Waals surface area contributed by atoms with Crippen LogP contribution >= 0.6 is 24.0 Å². The van der Waals surface area contributed by atoms with Crippen LogP contribution in [0.25, 0.3) is 0 Å². The molecule has 0 aromatic carbocycles. The smallest absolute Gasteiger partial charge is 0.191 e. The van der Waals surface area contributed by atoms with Crippen LogP contribution in [0.2, 0.25) is 0 Å². The van der Waals surface area contributed by atoms with Gasteiger partial charge in [0.1, 0.15) is 0 Å². The summed E-state index contributed by atoms with van der Waals surface area (Å²) in [7, 11) is 2.06. The van der Waals surface area contributed by atoms with Gasteiger partial charge >= 0.3 is 0 Å². The molecule has 0 aromatic heterocycles. The Kier molecular flexibility index (Phi) is 7.42. The number of halogens is 1. The van der Waals surface area contributed by atoms with E-state index in [0.29, 0.717) is 6.04 Å². The summed E-state index contributed by atoms with van der Waals surface area (Å²) < 4.78 is 0. The van der Waals surface area contributed by atoms with Crippen LogP contribution in [0.5, 0.6) is 0 Å². The Hall–Kier alpha value is -0.0400. The normalized spacial score (nSPS) is 24.9. The minimum Gasteiger partial charge on any atom is -0.370 e. The predicted octanol–water partition coefficient (Wildman–Crippen LogP) is 2.28. The van der Waals surface area contributed by atoms with Crippen molar-refractivity contribution in [2.45, 2.75) is 57.5 Å². The van der Waals surface area contributed by atoms with Crippen LogP contribution < -0.4 is 5.73 Å². The second kappa shape index (κ2) is 8.29. The molecule has 1 saturated carbocycles. The van der Waals surface area contributed by atoms with Crippen LogP contribution in [-0.2, 0) is 0 Å². The zero-order valence-electron chi connectivity index (χ0n) is 12.3. The summed E-state index contributed by atoms with van der Waals surface area (Å²) in [5.41, 5.74) is 5.97. The highest BCUT2D eigenvalue weighted by Crippen LogP contribution is 2.24. The lowest BCUT2D eigenvalue weighted by atomic mass is 10.0. The Bertz CT molecular complexity index is 291. The van der Waals surface area contributed by atoms with Gasteiger partial charge in [0.25, 0.3) is 0 Å². The average molecular weight is 380 g/mol. The van der Waals surface area contributed by atoms with E-state index in [1.807, 2.05) is 0 Å². The third kappa shape index (κ3) is 5.45. The molecule has 0 spiro atoms. The first kappa shape index (κ1) is 17.0. The second-order valence-corrected chi connectivity index (χ2v) is 5.82. The van der Waals surface area contributed by atoms with Crippen molar-refractivity contribution in [1.29, 1.82) is 0 Å². The number of hydrogen-bond donors (Lipinski definition) is 1.